The zero-order chi connectivity index (χ0) is 23.5. The molecule has 0 saturated carbocycles. The second-order valence-electron chi connectivity index (χ2n) is 8.28. The number of esters is 1. The third-order valence-corrected chi connectivity index (χ3v) is 6.79. The molecular weight excluding hydrogens is 424 g/mol. The number of H-pyrrole nitrogens is 1. The Bertz CT molecular complexity index is 967. The highest BCUT2D eigenvalue weighted by Crippen LogP contribution is 2.47. The lowest BCUT2D eigenvalue weighted by Gasteiger charge is -2.33. The van der Waals surface area contributed by atoms with E-state index in [-0.39, 0.29) is 31.0 Å². The highest BCUT2D eigenvalue weighted by Gasteiger charge is 2.53. The molecule has 2 amide bonds. The Morgan fingerprint density at radius 3 is 2.52 bits per heavy atom. The van der Waals surface area contributed by atoms with Crippen LogP contribution < -0.4 is 16.6 Å². The van der Waals surface area contributed by atoms with Gasteiger partial charge in [0.05, 0.1) is 12.0 Å². The molecular formula is C20H30N4O6S. The van der Waals surface area contributed by atoms with Crippen molar-refractivity contribution in [2.24, 2.45) is 5.92 Å². The fraction of sp³-hybridized carbons (Fsp3) is 0.650. The second kappa shape index (κ2) is 9.71. The predicted molar refractivity (Wildman–Crippen MR) is 117 cm³/mol. The Balaban J connectivity index is 2.34. The monoisotopic (exact) mass is 454 g/mol. The summed E-state index contributed by atoms with van der Waals surface area (Å²) in [5.41, 5.74) is -0.907. The molecule has 2 rings (SSSR count). The van der Waals surface area contributed by atoms with Crippen LogP contribution in [0.15, 0.2) is 15.8 Å². The van der Waals surface area contributed by atoms with Gasteiger partial charge in [0.15, 0.2) is 0 Å². The van der Waals surface area contributed by atoms with Gasteiger partial charge in [0.25, 0.3) is 5.56 Å². The van der Waals surface area contributed by atoms with Crippen molar-refractivity contribution in [1.82, 2.24) is 19.8 Å². The molecule has 0 aliphatic carbocycles. The van der Waals surface area contributed by atoms with Gasteiger partial charge in [-0.1, -0.05) is 13.8 Å². The Morgan fingerprint density at radius 2 is 1.94 bits per heavy atom. The van der Waals surface area contributed by atoms with E-state index in [1.807, 2.05) is 27.7 Å². The zero-order valence-electron chi connectivity index (χ0n) is 18.7. The van der Waals surface area contributed by atoms with E-state index in [4.69, 9.17) is 4.74 Å². The predicted octanol–water partition coefficient (Wildman–Crippen LogP) is 0.229. The Labute approximate surface area is 184 Å². The van der Waals surface area contributed by atoms with Gasteiger partial charge in [-0.2, -0.15) is 0 Å². The molecule has 2 heterocycles. The number of hydrogen-bond acceptors (Lipinski definition) is 7. The first-order valence-electron chi connectivity index (χ1n) is 10.1. The third kappa shape index (κ3) is 5.57. The van der Waals surface area contributed by atoms with E-state index in [0.29, 0.717) is 5.56 Å². The molecule has 0 radical (unpaired) electrons. The summed E-state index contributed by atoms with van der Waals surface area (Å²) < 4.78 is 5.34. The number of nitrogens with one attached hydrogen (secondary N) is 2. The number of carbonyl (C=O) groups excluding carboxylic acids is 3. The lowest BCUT2D eigenvalue weighted by atomic mass is 9.99. The van der Waals surface area contributed by atoms with Crippen LogP contribution >= 0.6 is 11.8 Å². The van der Waals surface area contributed by atoms with Gasteiger partial charge < -0.3 is 15.0 Å². The third-order valence-electron chi connectivity index (χ3n) is 4.95. The molecule has 10 nitrogen and oxygen atoms in total. The quantitative estimate of drug-likeness (QED) is 0.564. The lowest BCUT2D eigenvalue weighted by Crippen LogP contribution is -2.56. The lowest BCUT2D eigenvalue weighted by molar-refractivity contribution is -0.145. The number of nitrogens with zero attached hydrogens (tertiary/aromatic N) is 2. The summed E-state index contributed by atoms with van der Waals surface area (Å²) in [7, 11) is 0. The maximum atomic E-state index is 13.3. The smallest absolute Gasteiger partial charge is 0.328 e. The van der Waals surface area contributed by atoms with Crippen molar-refractivity contribution < 1.29 is 19.1 Å². The first-order valence-corrected chi connectivity index (χ1v) is 11.0. The maximum Gasteiger partial charge on any atom is 0.328 e. The van der Waals surface area contributed by atoms with Crippen LogP contribution in [0.1, 0.15) is 40.2 Å². The van der Waals surface area contributed by atoms with E-state index < -0.39 is 39.8 Å². The van der Waals surface area contributed by atoms with Crippen LogP contribution in [0.25, 0.3) is 0 Å². The molecule has 1 aliphatic heterocycles. The average Bonchev–Trinajstić information content (AvgIpc) is 2.96. The summed E-state index contributed by atoms with van der Waals surface area (Å²) >= 11 is 1.50. The summed E-state index contributed by atoms with van der Waals surface area (Å²) in [6, 6.07) is -0.855. The number of carbonyl (C=O) groups is 3. The van der Waals surface area contributed by atoms with Crippen molar-refractivity contribution in [3.8, 4) is 0 Å². The van der Waals surface area contributed by atoms with Crippen LogP contribution in [-0.2, 0) is 25.7 Å². The minimum absolute atomic E-state index is 0.0325. The molecule has 2 unspecified atom stereocenters. The van der Waals surface area contributed by atoms with Gasteiger partial charge in [0.1, 0.15) is 19.1 Å². The van der Waals surface area contributed by atoms with Crippen molar-refractivity contribution in [3.05, 3.63) is 32.6 Å². The van der Waals surface area contributed by atoms with Crippen molar-refractivity contribution in [2.45, 2.75) is 64.2 Å². The number of aromatic amines is 1. The maximum absolute atomic E-state index is 13.3. The van der Waals surface area contributed by atoms with Crippen LogP contribution in [0.3, 0.4) is 0 Å². The summed E-state index contributed by atoms with van der Waals surface area (Å²) in [4.78, 5) is 65.4. The fourth-order valence-electron chi connectivity index (χ4n) is 3.53. The van der Waals surface area contributed by atoms with Gasteiger partial charge in [-0.05, 0) is 33.6 Å². The van der Waals surface area contributed by atoms with E-state index in [1.165, 1.54) is 29.8 Å². The molecule has 1 aromatic heterocycles. The summed E-state index contributed by atoms with van der Waals surface area (Å²) in [6.45, 7) is 10.4. The number of amides is 2. The molecule has 0 aromatic carbocycles. The minimum Gasteiger partial charge on any atom is -0.465 e. The molecule has 172 valence electrons. The molecule has 1 fully saturated rings. The SMILES string of the molecule is CCOC(=O)CNC(=O)C1N(C(=O)Cn2cc(C)c(=O)[nH]c2=O)C(C(C)C)SC1(C)C. The van der Waals surface area contributed by atoms with Crippen molar-refractivity contribution in [2.75, 3.05) is 13.2 Å². The van der Waals surface area contributed by atoms with Gasteiger partial charge in [-0.15, -0.1) is 11.8 Å². The fourth-order valence-corrected chi connectivity index (χ4v) is 5.13. The van der Waals surface area contributed by atoms with Gasteiger partial charge in [0.2, 0.25) is 11.8 Å². The van der Waals surface area contributed by atoms with E-state index in [0.717, 1.165) is 4.57 Å². The molecule has 1 saturated heterocycles. The number of aromatic nitrogens is 2. The normalized spacial score (nSPS) is 20.0. The number of rotatable bonds is 7. The van der Waals surface area contributed by atoms with E-state index in [2.05, 4.69) is 10.3 Å². The van der Waals surface area contributed by atoms with Gasteiger partial charge in [-0.3, -0.25) is 28.7 Å². The van der Waals surface area contributed by atoms with E-state index in [1.54, 1.807) is 6.92 Å². The molecule has 11 heteroatoms. The minimum atomic E-state index is -0.855. The Hall–Kier alpha value is -2.56. The van der Waals surface area contributed by atoms with Gasteiger partial charge in [0, 0.05) is 16.5 Å². The second-order valence-corrected chi connectivity index (χ2v) is 10.1. The van der Waals surface area contributed by atoms with E-state index in [9.17, 15) is 24.0 Å². The Morgan fingerprint density at radius 1 is 1.29 bits per heavy atom. The number of ether oxygens (including phenoxy) is 1. The van der Waals surface area contributed by atoms with Gasteiger partial charge >= 0.3 is 11.7 Å². The van der Waals surface area contributed by atoms with Crippen LogP contribution in [0.5, 0.6) is 0 Å². The summed E-state index contributed by atoms with van der Waals surface area (Å²) in [5.74, 6) is -1.42. The first kappa shape index (κ1) is 24.7. The highest BCUT2D eigenvalue weighted by atomic mass is 32.2. The highest BCUT2D eigenvalue weighted by molar-refractivity contribution is 8.01. The molecule has 1 aliphatic rings. The van der Waals surface area contributed by atoms with Crippen LogP contribution in [-0.4, -0.2) is 61.5 Å². The molecule has 31 heavy (non-hydrogen) atoms. The zero-order valence-corrected chi connectivity index (χ0v) is 19.5. The van der Waals surface area contributed by atoms with Crippen molar-refractivity contribution in [1.29, 1.82) is 0 Å². The number of aryl methyl sites for hydroxylation is 1. The summed E-state index contributed by atoms with van der Waals surface area (Å²) in [6.07, 6.45) is 1.33. The largest absolute Gasteiger partial charge is 0.465 e. The van der Waals surface area contributed by atoms with E-state index >= 15 is 0 Å². The molecule has 0 spiro atoms. The first-order chi connectivity index (χ1) is 14.4. The number of hydrogen-bond donors (Lipinski definition) is 2. The molecule has 1 aromatic rings. The topological polar surface area (TPSA) is 131 Å². The number of thioether (sulfide) groups is 1. The average molecular weight is 455 g/mol. The summed E-state index contributed by atoms with van der Waals surface area (Å²) in [5, 5.41) is 2.26. The molecule has 2 atom stereocenters. The van der Waals surface area contributed by atoms with Crippen molar-refractivity contribution >= 4 is 29.5 Å². The standard InChI is InChI=1S/C20H30N4O6S/c1-7-30-14(26)8-21-17(28)15-20(5,6)31-18(11(2)3)24(15)13(25)10-23-9-12(4)16(27)22-19(23)29/h9,11,15,18H,7-8,10H2,1-6H3,(H,21,28)(H,22,27,29). The Kier molecular flexibility index (Phi) is 7.74. The molecule has 2 N–H and O–H groups in total. The van der Waals surface area contributed by atoms with Gasteiger partial charge in [-0.25, -0.2) is 4.79 Å². The van der Waals surface area contributed by atoms with Crippen LogP contribution in [0.4, 0.5) is 0 Å². The molecule has 0 bridgehead atoms. The van der Waals surface area contributed by atoms with Crippen molar-refractivity contribution in [3.63, 3.8) is 0 Å². The van der Waals surface area contributed by atoms with Crippen LogP contribution in [0, 0.1) is 12.8 Å². The van der Waals surface area contributed by atoms with Crippen LogP contribution in [0.2, 0.25) is 0 Å².